The van der Waals surface area contributed by atoms with Crippen molar-refractivity contribution in [3.05, 3.63) is 101 Å². The van der Waals surface area contributed by atoms with Crippen LogP contribution in [0.5, 0.6) is 0 Å². The third-order valence-corrected chi connectivity index (χ3v) is 6.71. The largest absolute Gasteiger partial charge is 0.672 e. The number of aliphatic hydroxyl groups excluding tert-OH is 1. The molecular formula is C28H28N7O2W-. The van der Waals surface area contributed by atoms with Crippen molar-refractivity contribution in [2.75, 3.05) is 6.73 Å². The number of H-pyrrole nitrogens is 1. The van der Waals surface area contributed by atoms with Gasteiger partial charge in [0.25, 0.3) is 0 Å². The molecule has 1 aromatic carbocycles. The molecule has 4 aromatic rings. The molecule has 1 atom stereocenters. The minimum atomic E-state index is -0.0619. The van der Waals surface area contributed by atoms with E-state index in [1.807, 2.05) is 47.4 Å². The first-order valence-corrected chi connectivity index (χ1v) is 12.4. The Morgan fingerprint density at radius 1 is 1.13 bits per heavy atom. The molecule has 3 aromatic heterocycles. The minimum absolute atomic E-state index is 0. The average Bonchev–Trinajstić information content (AvgIpc) is 3.50. The quantitative estimate of drug-likeness (QED) is 0.264. The van der Waals surface area contributed by atoms with Gasteiger partial charge in [-0.15, -0.1) is 6.54 Å². The van der Waals surface area contributed by atoms with Crippen LogP contribution in [0.25, 0.3) is 28.1 Å². The minimum Gasteiger partial charge on any atom is -0.672 e. The molecular weight excluding hydrogens is 650 g/mol. The Morgan fingerprint density at radius 2 is 1.97 bits per heavy atom. The fraction of sp³-hybridized carbons (Fsp3) is 0.250. The Hall–Kier alpha value is -3.52. The van der Waals surface area contributed by atoms with Crippen LogP contribution in [0.1, 0.15) is 43.1 Å². The summed E-state index contributed by atoms with van der Waals surface area (Å²) in [6, 6.07) is 13.9. The first kappa shape index (κ1) is 26.1. The fourth-order valence-corrected chi connectivity index (χ4v) is 4.71. The van der Waals surface area contributed by atoms with Crippen LogP contribution in [-0.2, 0) is 27.6 Å². The Labute approximate surface area is 234 Å². The summed E-state index contributed by atoms with van der Waals surface area (Å²) < 4.78 is 5.71. The maximum absolute atomic E-state index is 9.66. The maximum atomic E-state index is 9.66. The van der Waals surface area contributed by atoms with Crippen LogP contribution >= 0.6 is 0 Å². The number of aromatic nitrogens is 3. The van der Waals surface area contributed by atoms with E-state index in [4.69, 9.17) is 15.1 Å². The Morgan fingerprint density at radius 3 is 2.71 bits per heavy atom. The van der Waals surface area contributed by atoms with Gasteiger partial charge < -0.3 is 30.5 Å². The van der Waals surface area contributed by atoms with Crippen molar-refractivity contribution < 1.29 is 30.6 Å². The Bertz CT molecular complexity index is 1470. The molecule has 5 heterocycles. The van der Waals surface area contributed by atoms with Gasteiger partial charge in [0.1, 0.15) is 18.7 Å². The van der Waals surface area contributed by atoms with Gasteiger partial charge in [-0.05, 0) is 61.2 Å². The van der Waals surface area contributed by atoms with E-state index < -0.39 is 0 Å². The predicted octanol–water partition coefficient (Wildman–Crippen LogP) is 5.43. The molecule has 2 aliphatic heterocycles. The topological polar surface area (TPSA) is 126 Å². The summed E-state index contributed by atoms with van der Waals surface area (Å²) in [6.45, 7) is 0.238. The molecule has 1 fully saturated rings. The molecule has 1 saturated carbocycles. The van der Waals surface area contributed by atoms with E-state index in [1.165, 1.54) is 5.57 Å². The summed E-state index contributed by atoms with van der Waals surface area (Å²) in [7, 11) is 0. The predicted molar refractivity (Wildman–Crippen MR) is 142 cm³/mol. The molecule has 10 heteroatoms. The van der Waals surface area contributed by atoms with Gasteiger partial charge in [0.2, 0.25) is 5.89 Å². The van der Waals surface area contributed by atoms with Crippen LogP contribution in [0.3, 0.4) is 0 Å². The number of fused-ring (bicyclic) bond motifs is 1. The van der Waals surface area contributed by atoms with Crippen molar-refractivity contribution in [3.8, 4) is 11.5 Å². The van der Waals surface area contributed by atoms with E-state index in [-0.39, 0.29) is 33.8 Å². The molecule has 3 aliphatic rings. The summed E-state index contributed by atoms with van der Waals surface area (Å²) in [5.74, 6) is 0.640. The molecule has 0 radical (unpaired) electrons. The fourth-order valence-electron chi connectivity index (χ4n) is 4.71. The van der Waals surface area contributed by atoms with E-state index in [0.29, 0.717) is 12.4 Å². The SMILES string of the molecule is OCN1C=NC2=C(NC(c3coc(-c4ccccc4)n3)CC2)C1=C1CC1.[NH-]Cc1cc2cnccc2[nH]1.[W]. The number of hydrogen-bond acceptors (Lipinski definition) is 7. The van der Waals surface area contributed by atoms with Crippen molar-refractivity contribution in [2.45, 2.75) is 38.3 Å². The van der Waals surface area contributed by atoms with Crippen LogP contribution < -0.4 is 5.32 Å². The first-order valence-electron chi connectivity index (χ1n) is 12.4. The van der Waals surface area contributed by atoms with Crippen LogP contribution in [-0.4, -0.2) is 38.0 Å². The molecule has 0 bridgehead atoms. The van der Waals surface area contributed by atoms with E-state index in [2.05, 4.69) is 20.3 Å². The van der Waals surface area contributed by atoms with Gasteiger partial charge in [-0.1, -0.05) is 18.2 Å². The number of rotatable bonds is 4. The van der Waals surface area contributed by atoms with Gasteiger partial charge >= 0.3 is 0 Å². The van der Waals surface area contributed by atoms with Crippen LogP contribution in [0.4, 0.5) is 0 Å². The molecule has 0 saturated heterocycles. The second-order valence-electron chi connectivity index (χ2n) is 9.24. The number of oxazole rings is 1. The molecule has 194 valence electrons. The van der Waals surface area contributed by atoms with E-state index in [0.717, 1.165) is 70.6 Å². The number of nitrogens with zero attached hydrogens (tertiary/aromatic N) is 4. The van der Waals surface area contributed by atoms with E-state index in [1.54, 1.807) is 25.0 Å². The first-order chi connectivity index (χ1) is 18.2. The third kappa shape index (κ3) is 5.36. The standard InChI is InChI=1S/C20H20N4O2.C8H8N3.W/c25-12-24-11-21-16-9-8-15(22-18(16)19(24)13-6-7-13)17-10-26-20(23-17)14-4-2-1-3-5-14;9-4-7-3-6-5-10-2-1-8(6)11-7;/h1-5,10-11,15,22,25H,6-9,12H2;1-3,5,9,11H,4H2;/q;-1;. The zero-order valence-electron chi connectivity index (χ0n) is 20.7. The maximum Gasteiger partial charge on any atom is 0.226 e. The molecule has 1 unspecified atom stereocenters. The smallest absolute Gasteiger partial charge is 0.226 e. The van der Waals surface area contributed by atoms with Crippen LogP contribution in [0.15, 0.2) is 93.2 Å². The molecule has 9 nitrogen and oxygen atoms in total. The molecule has 0 amide bonds. The second kappa shape index (κ2) is 11.5. The number of nitrogens with one attached hydrogen (secondary N) is 3. The van der Waals surface area contributed by atoms with Crippen LogP contribution in [0.2, 0.25) is 0 Å². The monoisotopic (exact) mass is 678 g/mol. The van der Waals surface area contributed by atoms with Crippen molar-refractivity contribution in [1.29, 1.82) is 0 Å². The van der Waals surface area contributed by atoms with E-state index in [9.17, 15) is 5.11 Å². The van der Waals surface area contributed by atoms with Crippen molar-refractivity contribution in [2.24, 2.45) is 4.99 Å². The van der Waals surface area contributed by atoms with Gasteiger partial charge in [-0.25, -0.2) is 9.98 Å². The van der Waals surface area contributed by atoms with Gasteiger partial charge in [-0.2, -0.15) is 0 Å². The number of aromatic amines is 1. The second-order valence-corrected chi connectivity index (χ2v) is 9.24. The van der Waals surface area contributed by atoms with Crippen molar-refractivity contribution in [3.63, 3.8) is 0 Å². The summed E-state index contributed by atoms with van der Waals surface area (Å²) >= 11 is 0. The van der Waals surface area contributed by atoms with Gasteiger partial charge in [0.05, 0.1) is 29.5 Å². The zero-order valence-corrected chi connectivity index (χ0v) is 23.7. The summed E-state index contributed by atoms with van der Waals surface area (Å²) in [5, 5.41) is 14.3. The third-order valence-electron chi connectivity index (χ3n) is 6.71. The Kier molecular flexibility index (Phi) is 7.88. The molecule has 38 heavy (non-hydrogen) atoms. The molecule has 4 N–H and O–H groups in total. The van der Waals surface area contributed by atoms with E-state index >= 15 is 0 Å². The molecule has 7 rings (SSSR count). The number of hydrogen-bond donors (Lipinski definition) is 3. The van der Waals surface area contributed by atoms with Gasteiger partial charge in [0, 0.05) is 49.9 Å². The number of aliphatic imine (C=N–C) groups is 1. The summed E-state index contributed by atoms with van der Waals surface area (Å²) in [5.41, 5.74) is 15.6. The van der Waals surface area contributed by atoms with Crippen molar-refractivity contribution >= 4 is 17.2 Å². The Balaban J connectivity index is 0.000000206. The van der Waals surface area contributed by atoms with Gasteiger partial charge in [-0.3, -0.25) is 4.98 Å². The summed E-state index contributed by atoms with van der Waals surface area (Å²) in [6.07, 6.45) is 11.0. The summed E-state index contributed by atoms with van der Waals surface area (Å²) in [4.78, 5) is 18.1. The van der Waals surface area contributed by atoms with Crippen molar-refractivity contribution in [1.82, 2.24) is 25.2 Å². The average molecular weight is 678 g/mol. The molecule has 0 spiro atoms. The van der Waals surface area contributed by atoms with Crippen LogP contribution in [0, 0.1) is 0 Å². The number of aliphatic hydroxyl groups is 1. The number of allylic oxidation sites excluding steroid dienone is 2. The normalized spacial score (nSPS) is 17.9. The number of pyridine rings is 1. The van der Waals surface area contributed by atoms with Gasteiger partial charge in [0.15, 0.2) is 0 Å². The number of benzene rings is 1. The molecule has 1 aliphatic carbocycles. The zero-order chi connectivity index (χ0) is 25.2.